The Morgan fingerprint density at radius 3 is 1.23 bits per heavy atom. The van der Waals surface area contributed by atoms with Gasteiger partial charge in [0.1, 0.15) is 0 Å². The van der Waals surface area contributed by atoms with E-state index >= 15 is 0 Å². The number of rotatable bonds is 0. The molecule has 4 atom stereocenters. The Hall–Kier alpha value is -2.12. The van der Waals surface area contributed by atoms with Crippen molar-refractivity contribution in [2.45, 2.75) is 25.9 Å². The van der Waals surface area contributed by atoms with Crippen molar-refractivity contribution in [2.75, 3.05) is 28.2 Å². The van der Waals surface area contributed by atoms with E-state index in [1.807, 2.05) is 0 Å². The highest BCUT2D eigenvalue weighted by Gasteiger charge is 2.81. The van der Waals surface area contributed by atoms with Gasteiger partial charge in [0.05, 0.1) is 22.9 Å². The van der Waals surface area contributed by atoms with E-state index in [1.165, 1.54) is 23.9 Å². The Morgan fingerprint density at radius 1 is 0.682 bits per heavy atom. The number of nitrogens with zero attached hydrogens (tertiary/aromatic N) is 4. The number of urea groups is 2. The zero-order chi connectivity index (χ0) is 16.8. The zero-order valence-electron chi connectivity index (χ0n) is 13.6. The first kappa shape index (κ1) is 14.8. The summed E-state index contributed by atoms with van der Waals surface area (Å²) < 4.78 is 0. The van der Waals surface area contributed by atoms with Crippen molar-refractivity contribution < 1.29 is 19.2 Å². The smallest absolute Gasteiger partial charge is 0.321 e. The second kappa shape index (κ2) is 3.80. The summed E-state index contributed by atoms with van der Waals surface area (Å²) in [6.07, 6.45) is 0. The van der Waals surface area contributed by atoms with Gasteiger partial charge in [-0.05, 0) is 13.8 Å². The van der Waals surface area contributed by atoms with Gasteiger partial charge in [-0.1, -0.05) is 0 Å². The van der Waals surface area contributed by atoms with E-state index in [2.05, 4.69) is 0 Å². The first-order chi connectivity index (χ1) is 10.0. The highest BCUT2D eigenvalue weighted by atomic mass is 16.2. The van der Waals surface area contributed by atoms with Gasteiger partial charge in [0.25, 0.3) is 0 Å². The summed E-state index contributed by atoms with van der Waals surface area (Å²) in [5.41, 5.74) is -2.09. The Bertz CT molecular complexity index is 580. The van der Waals surface area contributed by atoms with Crippen molar-refractivity contribution >= 4 is 23.9 Å². The minimum atomic E-state index is -1.05. The number of carbonyl (C=O) groups excluding carboxylic acids is 4. The van der Waals surface area contributed by atoms with Crippen LogP contribution in [0.2, 0.25) is 0 Å². The highest BCUT2D eigenvalue weighted by Crippen LogP contribution is 2.64. The van der Waals surface area contributed by atoms with Gasteiger partial charge < -0.3 is 9.80 Å². The molecule has 0 aromatic rings. The zero-order valence-corrected chi connectivity index (χ0v) is 13.6. The summed E-state index contributed by atoms with van der Waals surface area (Å²) in [6, 6.07) is -1.83. The van der Waals surface area contributed by atoms with Crippen LogP contribution in [0.3, 0.4) is 0 Å². The monoisotopic (exact) mass is 308 g/mol. The third kappa shape index (κ3) is 1.14. The van der Waals surface area contributed by atoms with Crippen molar-refractivity contribution in [3.63, 3.8) is 0 Å². The summed E-state index contributed by atoms with van der Waals surface area (Å²) in [7, 11) is 6.06. The van der Waals surface area contributed by atoms with Gasteiger partial charge in [0, 0.05) is 28.2 Å². The van der Waals surface area contributed by atoms with E-state index in [0.29, 0.717) is 0 Å². The molecule has 120 valence electrons. The van der Waals surface area contributed by atoms with E-state index in [0.717, 1.165) is 9.80 Å². The van der Waals surface area contributed by atoms with Crippen LogP contribution in [-0.4, -0.2) is 83.8 Å². The highest BCUT2D eigenvalue weighted by molar-refractivity contribution is 6.10. The average Bonchev–Trinajstić information content (AvgIpc) is 2.50. The predicted octanol–water partition coefficient (Wildman–Crippen LogP) is -0.203. The molecule has 2 heterocycles. The lowest BCUT2D eigenvalue weighted by atomic mass is 9.42. The minimum Gasteiger partial charge on any atom is -0.321 e. The van der Waals surface area contributed by atoms with E-state index < -0.39 is 35.0 Å². The number of amides is 6. The Kier molecular flexibility index (Phi) is 2.55. The summed E-state index contributed by atoms with van der Waals surface area (Å²) in [6.45, 7) is 3.43. The van der Waals surface area contributed by atoms with Gasteiger partial charge in [0.2, 0.25) is 11.8 Å². The summed E-state index contributed by atoms with van der Waals surface area (Å²) in [5, 5.41) is 0. The number of fused-ring (bicyclic) bond motifs is 4. The molecule has 0 spiro atoms. The molecule has 0 aromatic carbocycles. The Balaban J connectivity index is 2.19. The van der Waals surface area contributed by atoms with Gasteiger partial charge in [-0.3, -0.25) is 19.4 Å². The Labute approximate surface area is 128 Å². The normalized spacial score (nSPS) is 41.5. The lowest BCUT2D eigenvalue weighted by Crippen LogP contribution is -2.90. The molecule has 0 bridgehead atoms. The van der Waals surface area contributed by atoms with Gasteiger partial charge in [-0.15, -0.1) is 0 Å². The van der Waals surface area contributed by atoms with Crippen LogP contribution >= 0.6 is 0 Å². The molecule has 8 heteroatoms. The van der Waals surface area contributed by atoms with Crippen LogP contribution in [-0.2, 0) is 9.59 Å². The maximum absolute atomic E-state index is 12.8. The SMILES string of the molecule is CN1C(=O)N(C)[C@H]2[C@@H]3N(C)C(=O)N(C)C(=O)[C@]3(C)[C@@]2(C)C1=O. The average molecular weight is 308 g/mol. The first-order valence-electron chi connectivity index (χ1n) is 7.12. The molecule has 22 heavy (non-hydrogen) atoms. The fraction of sp³-hybridized carbons (Fsp3) is 0.714. The molecule has 0 radical (unpaired) electrons. The van der Waals surface area contributed by atoms with E-state index in [1.54, 1.807) is 27.9 Å². The fourth-order valence-corrected chi connectivity index (χ4v) is 4.63. The van der Waals surface area contributed by atoms with Crippen molar-refractivity contribution in [3.8, 4) is 0 Å². The van der Waals surface area contributed by atoms with Crippen molar-refractivity contribution in [3.05, 3.63) is 0 Å². The molecule has 3 fully saturated rings. The lowest BCUT2D eigenvalue weighted by Gasteiger charge is -2.72. The maximum atomic E-state index is 12.8. The maximum Gasteiger partial charge on any atom is 0.326 e. The van der Waals surface area contributed by atoms with Crippen molar-refractivity contribution in [2.24, 2.45) is 10.8 Å². The van der Waals surface area contributed by atoms with Crippen LogP contribution in [0.4, 0.5) is 9.59 Å². The number of carbonyl (C=O) groups is 4. The van der Waals surface area contributed by atoms with Crippen molar-refractivity contribution in [1.29, 1.82) is 0 Å². The minimum absolute atomic E-state index is 0.371. The second-order valence-electron chi connectivity index (χ2n) is 6.81. The topological polar surface area (TPSA) is 81.2 Å². The van der Waals surface area contributed by atoms with Crippen LogP contribution in [0.5, 0.6) is 0 Å². The van der Waals surface area contributed by atoms with Crippen LogP contribution in [0.1, 0.15) is 13.8 Å². The molecule has 1 saturated carbocycles. The number of imide groups is 2. The molecular weight excluding hydrogens is 288 g/mol. The molecule has 2 saturated heterocycles. The third-order valence-electron chi connectivity index (χ3n) is 6.07. The number of likely N-dealkylation sites (N-methyl/N-ethyl adjacent to an activating group) is 2. The van der Waals surface area contributed by atoms with E-state index in [4.69, 9.17) is 0 Å². The molecule has 0 aromatic heterocycles. The Morgan fingerprint density at radius 2 is 0.955 bits per heavy atom. The summed E-state index contributed by atoms with van der Waals surface area (Å²) in [5.74, 6) is -0.743. The fourth-order valence-electron chi connectivity index (χ4n) is 4.63. The van der Waals surface area contributed by atoms with Crippen LogP contribution in [0, 0.1) is 10.8 Å². The number of hydrogen-bond donors (Lipinski definition) is 0. The summed E-state index contributed by atoms with van der Waals surface area (Å²) >= 11 is 0. The van der Waals surface area contributed by atoms with Gasteiger partial charge in [0.15, 0.2) is 0 Å². The van der Waals surface area contributed by atoms with Gasteiger partial charge in [-0.25, -0.2) is 9.59 Å². The molecule has 8 nitrogen and oxygen atoms in total. The number of hydrogen-bond acceptors (Lipinski definition) is 4. The van der Waals surface area contributed by atoms with E-state index in [-0.39, 0.29) is 11.8 Å². The molecule has 6 amide bonds. The summed E-state index contributed by atoms with van der Waals surface area (Å²) in [4.78, 5) is 55.0. The molecular formula is C14H20N4O4. The van der Waals surface area contributed by atoms with Crippen LogP contribution in [0.15, 0.2) is 0 Å². The van der Waals surface area contributed by atoms with Crippen molar-refractivity contribution in [1.82, 2.24) is 19.6 Å². The van der Waals surface area contributed by atoms with Gasteiger partial charge >= 0.3 is 12.1 Å². The van der Waals surface area contributed by atoms with Crippen LogP contribution < -0.4 is 0 Å². The molecule has 0 unspecified atom stereocenters. The van der Waals surface area contributed by atoms with Crippen LogP contribution in [0.25, 0.3) is 0 Å². The largest absolute Gasteiger partial charge is 0.326 e. The standard InChI is InChI=1S/C14H20N4O4/c1-13-7(15(3)11(21)17(5)9(13)19)8-14(13,2)10(20)18(6)12(22)16(8)4/h7-8H,1-6H3/t7-,8-,13+,14+/m0/s1. The predicted molar refractivity (Wildman–Crippen MR) is 75.6 cm³/mol. The molecule has 3 aliphatic rings. The molecule has 3 rings (SSSR count). The second-order valence-corrected chi connectivity index (χ2v) is 6.81. The van der Waals surface area contributed by atoms with E-state index in [9.17, 15) is 19.2 Å². The molecule has 0 N–H and O–H groups in total. The lowest BCUT2D eigenvalue weighted by molar-refractivity contribution is -0.223. The molecule has 2 aliphatic heterocycles. The first-order valence-corrected chi connectivity index (χ1v) is 7.12. The molecule has 1 aliphatic carbocycles. The quantitative estimate of drug-likeness (QED) is 0.620. The van der Waals surface area contributed by atoms with Gasteiger partial charge in [-0.2, -0.15) is 0 Å². The third-order valence-corrected chi connectivity index (χ3v) is 6.07.